The second kappa shape index (κ2) is 5.67. The Hall–Kier alpha value is -1.56. The molecule has 0 bridgehead atoms. The number of carbonyl (C=O) groups is 1. The number of sulfone groups is 1. The van der Waals surface area contributed by atoms with E-state index in [2.05, 4.69) is 10.6 Å². The Morgan fingerprint density at radius 1 is 1.05 bits per heavy atom. The molecule has 0 unspecified atom stereocenters. The van der Waals surface area contributed by atoms with Gasteiger partial charge in [-0.3, -0.25) is 4.79 Å². The van der Waals surface area contributed by atoms with Crippen LogP contribution in [0.2, 0.25) is 0 Å². The summed E-state index contributed by atoms with van der Waals surface area (Å²) in [6, 6.07) is 7.79. The van der Waals surface area contributed by atoms with Crippen LogP contribution in [-0.2, 0) is 14.6 Å². The van der Waals surface area contributed by atoms with Crippen LogP contribution in [0.3, 0.4) is 0 Å². The minimum atomic E-state index is -2.83. The van der Waals surface area contributed by atoms with Gasteiger partial charge in [0.2, 0.25) is 5.91 Å². The van der Waals surface area contributed by atoms with Gasteiger partial charge in [-0.25, -0.2) is 8.42 Å². The first kappa shape index (κ1) is 14.4. The summed E-state index contributed by atoms with van der Waals surface area (Å²) >= 11 is 0. The Morgan fingerprint density at radius 3 is 2.38 bits per heavy atom. The van der Waals surface area contributed by atoms with Crippen LogP contribution in [0.25, 0.3) is 0 Å². The molecule has 0 spiro atoms. The standard InChI is InChI=1S/C15H20N2O3S/c18-15(11-4-5-11)17-14-3-1-2-13(10-14)16-12-6-8-21(19,20)9-7-12/h1-3,10-12,16H,4-9H2,(H,17,18). The van der Waals surface area contributed by atoms with E-state index in [0.717, 1.165) is 24.2 Å². The van der Waals surface area contributed by atoms with Crippen molar-refractivity contribution in [1.29, 1.82) is 0 Å². The lowest BCUT2D eigenvalue weighted by Gasteiger charge is -2.24. The molecule has 1 heterocycles. The van der Waals surface area contributed by atoms with Crippen molar-refractivity contribution in [2.45, 2.75) is 31.7 Å². The van der Waals surface area contributed by atoms with Gasteiger partial charge in [0.15, 0.2) is 0 Å². The van der Waals surface area contributed by atoms with E-state index in [-0.39, 0.29) is 29.4 Å². The molecule has 114 valence electrons. The molecule has 0 aromatic heterocycles. The average Bonchev–Trinajstić information content (AvgIpc) is 3.26. The van der Waals surface area contributed by atoms with Crippen molar-refractivity contribution in [1.82, 2.24) is 0 Å². The van der Waals surface area contributed by atoms with Crippen molar-refractivity contribution in [2.24, 2.45) is 5.92 Å². The van der Waals surface area contributed by atoms with Crippen molar-refractivity contribution in [2.75, 3.05) is 22.1 Å². The Bertz CT molecular complexity index is 624. The van der Waals surface area contributed by atoms with Crippen LogP contribution < -0.4 is 10.6 Å². The predicted octanol–water partition coefficient (Wildman–Crippen LogP) is 2.02. The first-order valence-electron chi connectivity index (χ1n) is 7.40. The van der Waals surface area contributed by atoms with Gasteiger partial charge in [0.25, 0.3) is 0 Å². The van der Waals surface area contributed by atoms with Gasteiger partial charge in [0.05, 0.1) is 11.5 Å². The third-order valence-electron chi connectivity index (χ3n) is 4.00. The Labute approximate surface area is 125 Å². The largest absolute Gasteiger partial charge is 0.382 e. The zero-order chi connectivity index (χ0) is 14.9. The van der Waals surface area contributed by atoms with Gasteiger partial charge in [-0.05, 0) is 43.9 Å². The van der Waals surface area contributed by atoms with E-state index in [1.54, 1.807) is 0 Å². The number of benzene rings is 1. The Kier molecular flexibility index (Phi) is 3.89. The van der Waals surface area contributed by atoms with Crippen molar-refractivity contribution in [3.05, 3.63) is 24.3 Å². The molecule has 1 amide bonds. The summed E-state index contributed by atoms with van der Waals surface area (Å²) in [4.78, 5) is 11.7. The molecule has 1 saturated heterocycles. The van der Waals surface area contributed by atoms with Gasteiger partial charge in [0.1, 0.15) is 9.84 Å². The summed E-state index contributed by atoms with van der Waals surface area (Å²) < 4.78 is 22.8. The quantitative estimate of drug-likeness (QED) is 0.892. The maximum atomic E-state index is 11.7. The summed E-state index contributed by atoms with van der Waals surface area (Å²) in [6.45, 7) is 0. The molecule has 5 nitrogen and oxygen atoms in total. The molecule has 3 rings (SSSR count). The van der Waals surface area contributed by atoms with Crippen LogP contribution in [0, 0.1) is 5.92 Å². The van der Waals surface area contributed by atoms with Crippen LogP contribution in [0.1, 0.15) is 25.7 Å². The minimum absolute atomic E-state index is 0.0934. The molecule has 1 aromatic rings. The van der Waals surface area contributed by atoms with Gasteiger partial charge in [-0.15, -0.1) is 0 Å². The fraction of sp³-hybridized carbons (Fsp3) is 0.533. The van der Waals surface area contributed by atoms with Gasteiger partial charge < -0.3 is 10.6 Å². The lowest BCUT2D eigenvalue weighted by atomic mass is 10.1. The molecule has 1 aliphatic carbocycles. The van der Waals surface area contributed by atoms with Crippen molar-refractivity contribution < 1.29 is 13.2 Å². The van der Waals surface area contributed by atoms with Gasteiger partial charge in [-0.1, -0.05) is 6.07 Å². The number of carbonyl (C=O) groups excluding carboxylic acids is 1. The number of rotatable bonds is 4. The van der Waals surface area contributed by atoms with Gasteiger partial charge in [-0.2, -0.15) is 0 Å². The highest BCUT2D eigenvalue weighted by Gasteiger charge is 2.29. The van der Waals surface area contributed by atoms with Crippen LogP contribution in [0.5, 0.6) is 0 Å². The van der Waals surface area contributed by atoms with E-state index in [1.807, 2.05) is 24.3 Å². The van der Waals surface area contributed by atoms with Gasteiger partial charge >= 0.3 is 0 Å². The molecular formula is C15H20N2O3S. The second-order valence-electron chi connectivity index (χ2n) is 5.91. The lowest BCUT2D eigenvalue weighted by Crippen LogP contribution is -2.32. The van der Waals surface area contributed by atoms with E-state index >= 15 is 0 Å². The number of anilines is 2. The average molecular weight is 308 g/mol. The lowest BCUT2D eigenvalue weighted by molar-refractivity contribution is -0.117. The predicted molar refractivity (Wildman–Crippen MR) is 83.1 cm³/mol. The van der Waals surface area contributed by atoms with Crippen LogP contribution in [0.4, 0.5) is 11.4 Å². The SMILES string of the molecule is O=C(Nc1cccc(NC2CCS(=O)(=O)CC2)c1)C1CC1. The number of hydrogen-bond donors (Lipinski definition) is 2. The smallest absolute Gasteiger partial charge is 0.227 e. The number of amides is 1. The zero-order valence-electron chi connectivity index (χ0n) is 11.8. The summed E-state index contributed by atoms with van der Waals surface area (Å²) in [7, 11) is -2.83. The highest BCUT2D eigenvalue weighted by molar-refractivity contribution is 7.91. The summed E-state index contributed by atoms with van der Waals surface area (Å²) in [5, 5.41) is 6.28. The summed E-state index contributed by atoms with van der Waals surface area (Å²) in [5.41, 5.74) is 1.72. The van der Waals surface area contributed by atoms with Crippen molar-refractivity contribution in [3.8, 4) is 0 Å². The second-order valence-corrected chi connectivity index (χ2v) is 8.22. The van der Waals surface area contributed by atoms with E-state index in [9.17, 15) is 13.2 Å². The monoisotopic (exact) mass is 308 g/mol. The first-order valence-corrected chi connectivity index (χ1v) is 9.22. The maximum absolute atomic E-state index is 11.7. The van der Waals surface area contributed by atoms with Crippen LogP contribution in [-0.4, -0.2) is 31.9 Å². The molecule has 1 aliphatic heterocycles. The van der Waals surface area contributed by atoms with E-state index < -0.39 is 9.84 Å². The molecule has 0 radical (unpaired) electrons. The molecule has 2 N–H and O–H groups in total. The highest BCUT2D eigenvalue weighted by atomic mass is 32.2. The van der Waals surface area contributed by atoms with E-state index in [4.69, 9.17) is 0 Å². The van der Waals surface area contributed by atoms with E-state index in [0.29, 0.717) is 12.8 Å². The first-order chi connectivity index (χ1) is 10.0. The molecule has 2 aliphatic rings. The third-order valence-corrected chi connectivity index (χ3v) is 5.72. The number of hydrogen-bond acceptors (Lipinski definition) is 4. The molecule has 6 heteroatoms. The Balaban J connectivity index is 1.59. The third kappa shape index (κ3) is 3.97. The normalized spacial score (nSPS) is 21.7. The molecular weight excluding hydrogens is 288 g/mol. The van der Waals surface area contributed by atoms with E-state index in [1.165, 1.54) is 0 Å². The fourth-order valence-corrected chi connectivity index (χ4v) is 4.04. The molecule has 1 saturated carbocycles. The summed E-state index contributed by atoms with van der Waals surface area (Å²) in [6.07, 6.45) is 3.25. The molecule has 0 atom stereocenters. The van der Waals surface area contributed by atoms with Crippen LogP contribution in [0.15, 0.2) is 24.3 Å². The fourth-order valence-electron chi connectivity index (χ4n) is 2.55. The molecule has 1 aromatic carbocycles. The molecule has 2 fully saturated rings. The number of nitrogens with one attached hydrogen (secondary N) is 2. The minimum Gasteiger partial charge on any atom is -0.382 e. The highest BCUT2D eigenvalue weighted by Crippen LogP contribution is 2.30. The Morgan fingerprint density at radius 2 is 1.71 bits per heavy atom. The van der Waals surface area contributed by atoms with Crippen molar-refractivity contribution >= 4 is 27.1 Å². The summed E-state index contributed by atoms with van der Waals surface area (Å²) in [5.74, 6) is 0.784. The topological polar surface area (TPSA) is 75.3 Å². The zero-order valence-corrected chi connectivity index (χ0v) is 12.7. The van der Waals surface area contributed by atoms with Gasteiger partial charge in [0, 0.05) is 23.3 Å². The van der Waals surface area contributed by atoms with Crippen LogP contribution >= 0.6 is 0 Å². The molecule has 21 heavy (non-hydrogen) atoms. The van der Waals surface area contributed by atoms with Crippen molar-refractivity contribution in [3.63, 3.8) is 0 Å². The maximum Gasteiger partial charge on any atom is 0.227 e.